The summed E-state index contributed by atoms with van der Waals surface area (Å²) in [5.41, 5.74) is 3.10. The van der Waals surface area contributed by atoms with Crippen LogP contribution in [0.25, 0.3) is 11.1 Å². The third-order valence-electron chi connectivity index (χ3n) is 5.66. The molecule has 7 nitrogen and oxygen atoms in total. The smallest absolute Gasteiger partial charge is 0.309 e. The Labute approximate surface area is 175 Å². The monoisotopic (exact) mass is 410 g/mol. The summed E-state index contributed by atoms with van der Waals surface area (Å²) in [6.45, 7) is 3.75. The van der Waals surface area contributed by atoms with Gasteiger partial charge in [0.2, 0.25) is 0 Å². The van der Waals surface area contributed by atoms with Crippen LogP contribution in [0.3, 0.4) is 0 Å². The molecule has 2 aromatic heterocycles. The number of rotatable bonds is 6. The van der Waals surface area contributed by atoms with Gasteiger partial charge in [0.1, 0.15) is 11.4 Å². The maximum atomic E-state index is 13.4. The van der Waals surface area contributed by atoms with Crippen molar-refractivity contribution in [2.45, 2.75) is 26.3 Å². The lowest BCUT2D eigenvalue weighted by Gasteiger charge is -2.31. The Hall–Kier alpha value is -3.22. The molecule has 1 amide bonds. The number of ether oxygens (including phenoxy) is 2. The molecule has 0 unspecified atom stereocenters. The van der Waals surface area contributed by atoms with E-state index in [0.717, 1.165) is 16.8 Å². The van der Waals surface area contributed by atoms with E-state index in [-0.39, 0.29) is 17.8 Å². The molecule has 158 valence electrons. The van der Waals surface area contributed by atoms with Crippen molar-refractivity contribution in [1.82, 2.24) is 9.47 Å². The summed E-state index contributed by atoms with van der Waals surface area (Å²) in [6.07, 6.45) is 2.87. The van der Waals surface area contributed by atoms with E-state index in [1.165, 1.54) is 0 Å². The maximum Gasteiger partial charge on any atom is 0.309 e. The highest BCUT2D eigenvalue weighted by Gasteiger charge is 2.30. The van der Waals surface area contributed by atoms with E-state index >= 15 is 0 Å². The second kappa shape index (κ2) is 8.65. The lowest BCUT2D eigenvalue weighted by molar-refractivity contribution is -0.149. The Bertz CT molecular complexity index is 1040. The van der Waals surface area contributed by atoms with Gasteiger partial charge in [-0.3, -0.25) is 9.59 Å². The van der Waals surface area contributed by atoms with Gasteiger partial charge in [-0.2, -0.15) is 0 Å². The number of benzene rings is 1. The number of hydrogen-bond donors (Lipinski definition) is 0. The van der Waals surface area contributed by atoms with E-state index < -0.39 is 0 Å². The number of nitrogens with zero attached hydrogens (tertiary/aromatic N) is 2. The minimum atomic E-state index is -0.165. The standard InChI is InChI=1S/C23H26N2O5/c1-3-29-23(27)16-8-11-24(12-9-16)22(26)19-14-21-18(10-13-30-21)25(19)15-17-6-4-5-7-20(17)28-2/h4-7,10,13-14,16H,3,8-9,11-12,15H2,1-2H3. The van der Waals surface area contributed by atoms with Gasteiger partial charge < -0.3 is 23.4 Å². The number of furan rings is 1. The van der Waals surface area contributed by atoms with E-state index in [4.69, 9.17) is 13.9 Å². The fourth-order valence-corrected chi connectivity index (χ4v) is 4.07. The van der Waals surface area contributed by atoms with Crippen molar-refractivity contribution in [3.63, 3.8) is 0 Å². The molecule has 1 fully saturated rings. The van der Waals surface area contributed by atoms with Gasteiger partial charge in [0.25, 0.3) is 5.91 Å². The molecule has 1 aliphatic rings. The number of piperidine rings is 1. The molecule has 0 spiro atoms. The second-order valence-electron chi connectivity index (χ2n) is 7.42. The van der Waals surface area contributed by atoms with Crippen molar-refractivity contribution < 1.29 is 23.5 Å². The molecule has 0 atom stereocenters. The Morgan fingerprint density at radius 2 is 1.93 bits per heavy atom. The van der Waals surface area contributed by atoms with Crippen LogP contribution >= 0.6 is 0 Å². The van der Waals surface area contributed by atoms with Gasteiger partial charge in [0.15, 0.2) is 5.58 Å². The number of amides is 1. The lowest BCUT2D eigenvalue weighted by atomic mass is 9.97. The number of para-hydroxylation sites is 1. The van der Waals surface area contributed by atoms with Crippen LogP contribution in [0, 0.1) is 5.92 Å². The van der Waals surface area contributed by atoms with Gasteiger partial charge in [-0.1, -0.05) is 18.2 Å². The van der Waals surface area contributed by atoms with Crippen LogP contribution in [0.2, 0.25) is 0 Å². The first-order valence-electron chi connectivity index (χ1n) is 10.3. The molecule has 30 heavy (non-hydrogen) atoms. The van der Waals surface area contributed by atoms with Crippen molar-refractivity contribution in [3.05, 3.63) is 53.9 Å². The van der Waals surface area contributed by atoms with E-state index in [1.54, 1.807) is 19.4 Å². The first kappa shape index (κ1) is 20.1. The summed E-state index contributed by atoms with van der Waals surface area (Å²) in [6, 6.07) is 11.4. The highest BCUT2D eigenvalue weighted by Crippen LogP contribution is 2.28. The lowest BCUT2D eigenvalue weighted by Crippen LogP contribution is -2.41. The van der Waals surface area contributed by atoms with Crippen molar-refractivity contribution in [3.8, 4) is 5.75 Å². The van der Waals surface area contributed by atoms with E-state index in [9.17, 15) is 9.59 Å². The summed E-state index contributed by atoms with van der Waals surface area (Å²) < 4.78 is 18.1. The number of esters is 1. The molecule has 1 aliphatic heterocycles. The largest absolute Gasteiger partial charge is 0.496 e. The molecule has 0 saturated carbocycles. The summed E-state index contributed by atoms with van der Waals surface area (Å²) in [5.74, 6) is 0.419. The van der Waals surface area contributed by atoms with E-state index in [0.29, 0.717) is 50.4 Å². The molecular weight excluding hydrogens is 384 g/mol. The Morgan fingerprint density at radius 3 is 2.67 bits per heavy atom. The van der Waals surface area contributed by atoms with Gasteiger partial charge in [-0.15, -0.1) is 0 Å². The number of carbonyl (C=O) groups excluding carboxylic acids is 2. The fourth-order valence-electron chi connectivity index (χ4n) is 4.07. The normalized spacial score (nSPS) is 14.8. The Balaban J connectivity index is 1.57. The first-order valence-corrected chi connectivity index (χ1v) is 10.3. The number of likely N-dealkylation sites (tertiary alicyclic amines) is 1. The SMILES string of the molecule is CCOC(=O)C1CCN(C(=O)c2cc3occc3n2Cc2ccccc2OC)CC1. The molecule has 4 rings (SSSR count). The van der Waals surface area contributed by atoms with Gasteiger partial charge in [0.05, 0.1) is 38.0 Å². The van der Waals surface area contributed by atoms with E-state index in [1.807, 2.05) is 46.7 Å². The average Bonchev–Trinajstić information content (AvgIpc) is 3.36. The Kier molecular flexibility index (Phi) is 5.79. The second-order valence-corrected chi connectivity index (χ2v) is 7.42. The molecule has 0 aliphatic carbocycles. The molecule has 3 heterocycles. The molecule has 3 aromatic rings. The summed E-state index contributed by atoms with van der Waals surface area (Å²) in [4.78, 5) is 27.2. The van der Waals surface area contributed by atoms with E-state index in [2.05, 4.69) is 0 Å². The number of hydrogen-bond acceptors (Lipinski definition) is 5. The third-order valence-corrected chi connectivity index (χ3v) is 5.66. The number of aromatic nitrogens is 1. The van der Waals surface area contributed by atoms with Crippen molar-refractivity contribution in [1.29, 1.82) is 0 Å². The van der Waals surface area contributed by atoms with Crippen LogP contribution in [0.5, 0.6) is 5.75 Å². The topological polar surface area (TPSA) is 73.9 Å². The van der Waals surface area contributed by atoms with Crippen LogP contribution < -0.4 is 4.74 Å². The minimum absolute atomic E-state index is 0.0568. The minimum Gasteiger partial charge on any atom is -0.496 e. The van der Waals surface area contributed by atoms with Crippen LogP contribution in [0.4, 0.5) is 0 Å². The Morgan fingerprint density at radius 1 is 1.17 bits per heavy atom. The molecule has 0 radical (unpaired) electrons. The zero-order chi connectivity index (χ0) is 21.1. The highest BCUT2D eigenvalue weighted by molar-refractivity contribution is 5.97. The van der Waals surface area contributed by atoms with Gasteiger partial charge in [-0.25, -0.2) is 0 Å². The summed E-state index contributed by atoms with van der Waals surface area (Å²) >= 11 is 0. The van der Waals surface area contributed by atoms with Crippen molar-refractivity contribution >= 4 is 23.0 Å². The molecule has 7 heteroatoms. The molecule has 0 bridgehead atoms. The highest BCUT2D eigenvalue weighted by atomic mass is 16.5. The predicted molar refractivity (Wildman–Crippen MR) is 112 cm³/mol. The summed E-state index contributed by atoms with van der Waals surface area (Å²) in [5, 5.41) is 0. The quantitative estimate of drug-likeness (QED) is 0.579. The fraction of sp³-hybridized carbons (Fsp3) is 0.391. The van der Waals surface area contributed by atoms with Crippen molar-refractivity contribution in [2.24, 2.45) is 5.92 Å². The predicted octanol–water partition coefficient (Wildman–Crippen LogP) is 3.71. The van der Waals surface area contributed by atoms with Crippen LogP contribution in [0.15, 0.2) is 47.1 Å². The third kappa shape index (κ3) is 3.79. The maximum absolute atomic E-state index is 13.4. The number of fused-ring (bicyclic) bond motifs is 1. The molecule has 0 N–H and O–H groups in total. The van der Waals surface area contributed by atoms with Crippen LogP contribution in [0.1, 0.15) is 35.8 Å². The number of carbonyl (C=O) groups is 2. The van der Waals surface area contributed by atoms with Gasteiger partial charge in [-0.05, 0) is 25.8 Å². The molecule has 1 aromatic carbocycles. The van der Waals surface area contributed by atoms with Crippen LogP contribution in [-0.4, -0.2) is 48.1 Å². The first-order chi connectivity index (χ1) is 14.6. The van der Waals surface area contributed by atoms with Gasteiger partial charge >= 0.3 is 5.97 Å². The zero-order valence-corrected chi connectivity index (χ0v) is 17.3. The molecular formula is C23H26N2O5. The van der Waals surface area contributed by atoms with Crippen LogP contribution in [-0.2, 0) is 16.1 Å². The average molecular weight is 410 g/mol. The summed E-state index contributed by atoms with van der Waals surface area (Å²) in [7, 11) is 1.64. The van der Waals surface area contributed by atoms with Gasteiger partial charge in [0, 0.05) is 30.8 Å². The van der Waals surface area contributed by atoms with Crippen molar-refractivity contribution in [2.75, 3.05) is 26.8 Å². The number of methoxy groups -OCH3 is 1. The molecule has 1 saturated heterocycles. The zero-order valence-electron chi connectivity index (χ0n) is 17.3.